The van der Waals surface area contributed by atoms with Gasteiger partial charge in [0, 0.05) is 20.2 Å². The highest BCUT2D eigenvalue weighted by Gasteiger charge is 2.12. The molecular weight excluding hydrogens is 270 g/mol. The van der Waals surface area contributed by atoms with Gasteiger partial charge in [-0.1, -0.05) is 0 Å². The molecule has 0 amide bonds. The molecule has 2 aromatic rings. The first kappa shape index (κ1) is 15.4. The number of aryl methyl sites for hydroxylation is 1. The van der Waals surface area contributed by atoms with Gasteiger partial charge in [0.1, 0.15) is 0 Å². The lowest BCUT2D eigenvalue weighted by Gasteiger charge is -2.11. The van der Waals surface area contributed by atoms with Crippen LogP contribution in [0.25, 0.3) is 11.0 Å². The van der Waals surface area contributed by atoms with E-state index in [1.165, 1.54) is 0 Å². The SMILES string of the molecule is CNc1cc2c(cc1NO)nc(N)n2CCCOC(C)C. The van der Waals surface area contributed by atoms with Crippen LogP contribution in [0.5, 0.6) is 0 Å². The molecule has 1 aromatic carbocycles. The van der Waals surface area contributed by atoms with E-state index in [1.807, 2.05) is 24.5 Å². The van der Waals surface area contributed by atoms with E-state index in [0.29, 0.717) is 18.2 Å². The van der Waals surface area contributed by atoms with Crippen molar-refractivity contribution in [3.63, 3.8) is 0 Å². The largest absolute Gasteiger partial charge is 0.386 e. The minimum absolute atomic E-state index is 0.232. The molecule has 0 unspecified atom stereocenters. The number of aromatic nitrogens is 2. The van der Waals surface area contributed by atoms with Crippen molar-refractivity contribution in [1.82, 2.24) is 9.55 Å². The Kier molecular flexibility index (Phi) is 4.87. The molecule has 0 radical (unpaired) electrons. The maximum absolute atomic E-state index is 9.14. The van der Waals surface area contributed by atoms with Crippen LogP contribution < -0.4 is 16.5 Å². The molecule has 0 saturated carbocycles. The van der Waals surface area contributed by atoms with Gasteiger partial charge in [-0.15, -0.1) is 0 Å². The van der Waals surface area contributed by atoms with Crippen molar-refractivity contribution in [1.29, 1.82) is 0 Å². The second kappa shape index (κ2) is 6.64. The minimum Gasteiger partial charge on any atom is -0.386 e. The molecule has 0 bridgehead atoms. The first-order chi connectivity index (χ1) is 10.1. The Morgan fingerprint density at radius 3 is 2.76 bits per heavy atom. The number of nitrogens with two attached hydrogens (primary N) is 1. The zero-order valence-electron chi connectivity index (χ0n) is 12.7. The van der Waals surface area contributed by atoms with E-state index in [1.54, 1.807) is 13.1 Å². The number of nitrogen functional groups attached to an aromatic ring is 1. The summed E-state index contributed by atoms with van der Waals surface area (Å²) in [5.74, 6) is 0.465. The molecule has 0 fully saturated rings. The van der Waals surface area contributed by atoms with Crippen LogP contribution in [0.3, 0.4) is 0 Å². The first-order valence-corrected chi connectivity index (χ1v) is 7.06. The number of imidazole rings is 1. The summed E-state index contributed by atoms with van der Waals surface area (Å²) >= 11 is 0. The molecule has 0 atom stereocenters. The number of rotatable bonds is 7. The lowest BCUT2D eigenvalue weighted by atomic mass is 10.2. The van der Waals surface area contributed by atoms with Crippen LogP contribution >= 0.6 is 0 Å². The third kappa shape index (κ3) is 3.37. The second-order valence-corrected chi connectivity index (χ2v) is 5.14. The van der Waals surface area contributed by atoms with Gasteiger partial charge in [0.15, 0.2) is 0 Å². The summed E-state index contributed by atoms with van der Waals surface area (Å²) in [6.45, 7) is 5.46. The molecule has 0 aliphatic rings. The van der Waals surface area contributed by atoms with Gasteiger partial charge in [0.05, 0.1) is 28.5 Å². The van der Waals surface area contributed by atoms with Crippen LogP contribution in [0, 0.1) is 0 Å². The Morgan fingerprint density at radius 2 is 2.14 bits per heavy atom. The van der Waals surface area contributed by atoms with Crippen molar-refractivity contribution >= 4 is 28.4 Å². The molecule has 0 spiro atoms. The van der Waals surface area contributed by atoms with Crippen LogP contribution in [0.4, 0.5) is 17.3 Å². The van der Waals surface area contributed by atoms with Gasteiger partial charge in [0.25, 0.3) is 0 Å². The molecule has 1 aromatic heterocycles. The predicted molar refractivity (Wildman–Crippen MR) is 84.8 cm³/mol. The van der Waals surface area contributed by atoms with Gasteiger partial charge in [-0.25, -0.2) is 4.98 Å². The summed E-state index contributed by atoms with van der Waals surface area (Å²) in [6, 6.07) is 3.68. The second-order valence-electron chi connectivity index (χ2n) is 5.14. The normalized spacial score (nSPS) is 11.3. The topological polar surface area (TPSA) is 97.4 Å². The molecule has 1 heterocycles. The van der Waals surface area contributed by atoms with E-state index in [9.17, 15) is 0 Å². The van der Waals surface area contributed by atoms with Crippen LogP contribution in [-0.4, -0.2) is 34.5 Å². The number of benzene rings is 1. The van der Waals surface area contributed by atoms with Crippen LogP contribution in [0.1, 0.15) is 20.3 Å². The van der Waals surface area contributed by atoms with Gasteiger partial charge in [0.2, 0.25) is 5.95 Å². The average molecular weight is 293 g/mol. The van der Waals surface area contributed by atoms with Crippen molar-refractivity contribution in [2.75, 3.05) is 30.2 Å². The molecular formula is C14H23N5O2. The maximum Gasteiger partial charge on any atom is 0.201 e. The Hall–Kier alpha value is -1.99. The number of fused-ring (bicyclic) bond motifs is 1. The predicted octanol–water partition coefficient (Wildman–Crippen LogP) is 2.28. The molecule has 2 rings (SSSR count). The van der Waals surface area contributed by atoms with Crippen molar-refractivity contribution in [3.8, 4) is 0 Å². The third-order valence-electron chi connectivity index (χ3n) is 3.28. The van der Waals surface area contributed by atoms with Crippen LogP contribution in [-0.2, 0) is 11.3 Å². The smallest absolute Gasteiger partial charge is 0.201 e. The van der Waals surface area contributed by atoms with E-state index in [-0.39, 0.29) is 6.10 Å². The van der Waals surface area contributed by atoms with E-state index >= 15 is 0 Å². The number of anilines is 3. The molecule has 7 heteroatoms. The van der Waals surface area contributed by atoms with Crippen molar-refractivity contribution in [2.45, 2.75) is 32.9 Å². The summed E-state index contributed by atoms with van der Waals surface area (Å²) in [7, 11) is 1.79. The summed E-state index contributed by atoms with van der Waals surface area (Å²) in [5.41, 5.74) is 11.2. The van der Waals surface area contributed by atoms with Gasteiger partial charge in [-0.05, 0) is 32.4 Å². The van der Waals surface area contributed by atoms with Crippen molar-refractivity contribution < 1.29 is 9.94 Å². The number of nitrogens with one attached hydrogen (secondary N) is 2. The third-order valence-corrected chi connectivity index (χ3v) is 3.28. The Balaban J connectivity index is 2.24. The molecule has 0 saturated heterocycles. The van der Waals surface area contributed by atoms with E-state index in [4.69, 9.17) is 15.7 Å². The molecule has 7 nitrogen and oxygen atoms in total. The highest BCUT2D eigenvalue weighted by Crippen LogP contribution is 2.29. The van der Waals surface area contributed by atoms with Crippen LogP contribution in [0.15, 0.2) is 12.1 Å². The Morgan fingerprint density at radius 1 is 1.38 bits per heavy atom. The highest BCUT2D eigenvalue weighted by atomic mass is 16.5. The van der Waals surface area contributed by atoms with E-state index in [0.717, 1.165) is 29.7 Å². The minimum atomic E-state index is 0.232. The van der Waals surface area contributed by atoms with E-state index < -0.39 is 0 Å². The van der Waals surface area contributed by atoms with Gasteiger partial charge < -0.3 is 20.4 Å². The first-order valence-electron chi connectivity index (χ1n) is 7.06. The Labute approximate surface area is 124 Å². The highest BCUT2D eigenvalue weighted by molar-refractivity contribution is 5.89. The fourth-order valence-electron chi connectivity index (χ4n) is 2.27. The number of nitrogens with zero attached hydrogens (tertiary/aromatic N) is 2. The number of hydrogen-bond donors (Lipinski definition) is 4. The van der Waals surface area contributed by atoms with Crippen LogP contribution in [0.2, 0.25) is 0 Å². The molecule has 116 valence electrons. The standard InChI is InChI=1S/C14H23N5O2/c1-9(2)21-6-4-5-19-13-8-10(16-3)11(18-20)7-12(13)17-14(19)15/h7-9,16,18,20H,4-6H2,1-3H3,(H2,15,17). The average Bonchev–Trinajstić information content (AvgIpc) is 2.76. The molecule has 0 aliphatic heterocycles. The fourth-order valence-corrected chi connectivity index (χ4v) is 2.27. The number of ether oxygens (including phenoxy) is 1. The van der Waals surface area contributed by atoms with E-state index in [2.05, 4.69) is 15.8 Å². The van der Waals surface area contributed by atoms with Gasteiger partial charge in [-0.3, -0.25) is 10.7 Å². The number of hydrogen-bond acceptors (Lipinski definition) is 6. The van der Waals surface area contributed by atoms with Crippen molar-refractivity contribution in [3.05, 3.63) is 12.1 Å². The molecule has 5 N–H and O–H groups in total. The monoisotopic (exact) mass is 293 g/mol. The quantitative estimate of drug-likeness (QED) is 0.462. The van der Waals surface area contributed by atoms with Gasteiger partial charge in [-0.2, -0.15) is 0 Å². The molecule has 21 heavy (non-hydrogen) atoms. The Bertz CT molecular complexity index is 609. The zero-order valence-corrected chi connectivity index (χ0v) is 12.7. The van der Waals surface area contributed by atoms with Crippen molar-refractivity contribution in [2.24, 2.45) is 0 Å². The lowest BCUT2D eigenvalue weighted by Crippen LogP contribution is -2.09. The summed E-state index contributed by atoms with van der Waals surface area (Å²) < 4.78 is 7.50. The molecule has 0 aliphatic carbocycles. The fraction of sp³-hybridized carbons (Fsp3) is 0.500. The van der Waals surface area contributed by atoms with Gasteiger partial charge >= 0.3 is 0 Å². The summed E-state index contributed by atoms with van der Waals surface area (Å²) in [4.78, 5) is 4.33. The lowest BCUT2D eigenvalue weighted by molar-refractivity contribution is 0.0751. The zero-order chi connectivity index (χ0) is 15.4. The summed E-state index contributed by atoms with van der Waals surface area (Å²) in [6.07, 6.45) is 1.10. The maximum atomic E-state index is 9.14. The summed E-state index contributed by atoms with van der Waals surface area (Å²) in [5, 5.41) is 12.2.